The predicted molar refractivity (Wildman–Crippen MR) is 69.0 cm³/mol. The van der Waals surface area contributed by atoms with Gasteiger partial charge in [-0.2, -0.15) is 31.6 Å². The van der Waals surface area contributed by atoms with Crippen LogP contribution >= 0.6 is 0 Å². The minimum absolute atomic E-state index is 0.0141. The summed E-state index contributed by atoms with van der Waals surface area (Å²) in [5, 5.41) is 8.71. The van der Waals surface area contributed by atoms with Gasteiger partial charge in [0.05, 0.1) is 29.3 Å². The molecule has 2 nitrogen and oxygen atoms in total. The zero-order valence-electron chi connectivity index (χ0n) is 11.3. The van der Waals surface area contributed by atoms with Gasteiger partial charge in [0.2, 0.25) is 0 Å². The highest BCUT2D eigenvalue weighted by Crippen LogP contribution is 2.36. The van der Waals surface area contributed by atoms with Crippen LogP contribution in [-0.2, 0) is 18.8 Å². The third-order valence-corrected chi connectivity index (χ3v) is 3.04. The van der Waals surface area contributed by atoms with Gasteiger partial charge >= 0.3 is 12.4 Å². The molecule has 8 heteroatoms. The second-order valence-corrected chi connectivity index (χ2v) is 4.63. The van der Waals surface area contributed by atoms with Crippen molar-refractivity contribution < 1.29 is 26.3 Å². The third-order valence-electron chi connectivity index (χ3n) is 3.04. The fourth-order valence-corrected chi connectivity index (χ4v) is 1.98. The summed E-state index contributed by atoms with van der Waals surface area (Å²) < 4.78 is 76.6. The minimum Gasteiger partial charge on any atom is -0.259 e. The van der Waals surface area contributed by atoms with Crippen molar-refractivity contribution in [2.24, 2.45) is 0 Å². The van der Waals surface area contributed by atoms with E-state index < -0.39 is 23.5 Å². The van der Waals surface area contributed by atoms with E-state index in [4.69, 9.17) is 5.26 Å². The van der Waals surface area contributed by atoms with Gasteiger partial charge in [0.1, 0.15) is 0 Å². The van der Waals surface area contributed by atoms with Crippen molar-refractivity contribution in [2.75, 3.05) is 0 Å². The average Bonchev–Trinajstić information content (AvgIpc) is 2.46. The maximum absolute atomic E-state index is 12.8. The van der Waals surface area contributed by atoms with Crippen LogP contribution in [0.15, 0.2) is 36.5 Å². The molecule has 2 aromatic rings. The topological polar surface area (TPSA) is 36.7 Å². The van der Waals surface area contributed by atoms with E-state index in [2.05, 4.69) is 4.98 Å². The molecule has 1 aromatic carbocycles. The number of aromatic nitrogens is 1. The van der Waals surface area contributed by atoms with Crippen molar-refractivity contribution in [3.05, 3.63) is 53.3 Å². The van der Waals surface area contributed by atoms with E-state index in [0.29, 0.717) is 12.3 Å². The molecule has 120 valence electrons. The van der Waals surface area contributed by atoms with Crippen LogP contribution in [0.1, 0.15) is 16.8 Å². The molecular weight excluding hydrogens is 322 g/mol. The summed E-state index contributed by atoms with van der Waals surface area (Å²) in [6.07, 6.45) is -9.07. The van der Waals surface area contributed by atoms with Crippen LogP contribution in [0.5, 0.6) is 0 Å². The molecule has 1 heterocycles. The Kier molecular flexibility index (Phi) is 4.32. The molecule has 2 rings (SSSR count). The number of rotatable bonds is 2. The van der Waals surface area contributed by atoms with Crippen molar-refractivity contribution in [1.82, 2.24) is 4.98 Å². The number of hydrogen-bond donors (Lipinski definition) is 0. The summed E-state index contributed by atoms with van der Waals surface area (Å²) in [4.78, 5) is 3.58. The molecule has 0 spiro atoms. The summed E-state index contributed by atoms with van der Waals surface area (Å²) >= 11 is 0. The second kappa shape index (κ2) is 5.91. The molecule has 0 aliphatic carbocycles. The molecule has 0 saturated carbocycles. The summed E-state index contributed by atoms with van der Waals surface area (Å²) in [6.45, 7) is 0. The highest BCUT2D eigenvalue weighted by molar-refractivity contribution is 5.68. The lowest BCUT2D eigenvalue weighted by atomic mass is 9.98. The molecule has 0 N–H and O–H groups in total. The van der Waals surface area contributed by atoms with Crippen LogP contribution < -0.4 is 0 Å². The lowest BCUT2D eigenvalue weighted by Crippen LogP contribution is -2.08. The van der Waals surface area contributed by atoms with Crippen molar-refractivity contribution in [2.45, 2.75) is 18.8 Å². The van der Waals surface area contributed by atoms with E-state index in [0.717, 1.165) is 18.2 Å². The predicted octanol–water partition coefficient (Wildman–Crippen LogP) is 4.85. The first-order valence-corrected chi connectivity index (χ1v) is 6.23. The third kappa shape index (κ3) is 3.80. The Balaban J connectivity index is 2.63. The molecule has 0 atom stereocenters. The Morgan fingerprint density at radius 3 is 2.17 bits per heavy atom. The Morgan fingerprint density at radius 2 is 1.61 bits per heavy atom. The monoisotopic (exact) mass is 330 g/mol. The van der Waals surface area contributed by atoms with Crippen LogP contribution in [0.25, 0.3) is 11.1 Å². The first-order valence-electron chi connectivity index (χ1n) is 6.23. The zero-order valence-corrected chi connectivity index (χ0v) is 11.3. The molecule has 0 bridgehead atoms. The molecule has 0 aliphatic heterocycles. The molecule has 0 saturated heterocycles. The summed E-state index contributed by atoms with van der Waals surface area (Å²) in [6, 6.07) is 6.32. The Hall–Kier alpha value is -2.56. The Labute approximate surface area is 127 Å². The van der Waals surface area contributed by atoms with Gasteiger partial charge in [0.25, 0.3) is 0 Å². The number of benzene rings is 1. The largest absolute Gasteiger partial charge is 0.417 e. The van der Waals surface area contributed by atoms with Crippen LogP contribution in [0.3, 0.4) is 0 Å². The molecular formula is C15H8F6N2. The van der Waals surface area contributed by atoms with E-state index >= 15 is 0 Å². The molecule has 0 radical (unpaired) electrons. The first-order chi connectivity index (χ1) is 10.6. The quantitative estimate of drug-likeness (QED) is 0.738. The van der Waals surface area contributed by atoms with Gasteiger partial charge < -0.3 is 0 Å². The van der Waals surface area contributed by atoms with Crippen molar-refractivity contribution in [3.8, 4) is 17.2 Å². The normalized spacial score (nSPS) is 12.0. The van der Waals surface area contributed by atoms with E-state index in [1.807, 2.05) is 0 Å². The summed E-state index contributed by atoms with van der Waals surface area (Å²) in [7, 11) is 0. The fourth-order valence-electron chi connectivity index (χ4n) is 1.98. The SMILES string of the molecule is N#CCc1ncc(C(F)(F)F)cc1-c1cccc(C(F)(F)F)c1. The molecule has 1 aromatic heterocycles. The maximum atomic E-state index is 12.8. The number of halogens is 6. The second-order valence-electron chi connectivity index (χ2n) is 4.63. The molecule has 0 fully saturated rings. The molecule has 23 heavy (non-hydrogen) atoms. The average molecular weight is 330 g/mol. The Morgan fingerprint density at radius 1 is 0.957 bits per heavy atom. The zero-order chi connectivity index (χ0) is 17.3. The number of pyridine rings is 1. The highest BCUT2D eigenvalue weighted by Gasteiger charge is 2.33. The van der Waals surface area contributed by atoms with Gasteiger partial charge in [0, 0.05) is 11.8 Å². The lowest BCUT2D eigenvalue weighted by Gasteiger charge is -2.13. The number of nitriles is 1. The fraction of sp³-hybridized carbons (Fsp3) is 0.200. The van der Waals surface area contributed by atoms with Gasteiger partial charge in [-0.05, 0) is 23.8 Å². The molecule has 0 unspecified atom stereocenters. The smallest absolute Gasteiger partial charge is 0.259 e. The van der Waals surface area contributed by atoms with Crippen LogP contribution in [0, 0.1) is 11.3 Å². The van der Waals surface area contributed by atoms with Crippen molar-refractivity contribution in [1.29, 1.82) is 5.26 Å². The number of alkyl halides is 6. The molecule has 0 aliphatic rings. The van der Waals surface area contributed by atoms with Gasteiger partial charge in [-0.25, -0.2) is 0 Å². The van der Waals surface area contributed by atoms with Crippen LogP contribution in [0.4, 0.5) is 26.3 Å². The van der Waals surface area contributed by atoms with E-state index in [1.54, 1.807) is 6.07 Å². The van der Waals surface area contributed by atoms with E-state index in [-0.39, 0.29) is 23.2 Å². The van der Waals surface area contributed by atoms with Crippen LogP contribution in [0.2, 0.25) is 0 Å². The summed E-state index contributed by atoms with van der Waals surface area (Å²) in [5.74, 6) is 0. The van der Waals surface area contributed by atoms with Gasteiger partial charge in [0.15, 0.2) is 0 Å². The molecule has 0 amide bonds. The van der Waals surface area contributed by atoms with Crippen molar-refractivity contribution >= 4 is 0 Å². The first kappa shape index (κ1) is 16.8. The van der Waals surface area contributed by atoms with Crippen molar-refractivity contribution in [3.63, 3.8) is 0 Å². The minimum atomic E-state index is -4.69. The summed E-state index contributed by atoms with van der Waals surface area (Å²) in [5.41, 5.74) is -2.32. The number of nitrogens with zero attached hydrogens (tertiary/aromatic N) is 2. The van der Waals surface area contributed by atoms with Gasteiger partial charge in [-0.15, -0.1) is 0 Å². The van der Waals surface area contributed by atoms with Crippen LogP contribution in [-0.4, -0.2) is 4.98 Å². The van der Waals surface area contributed by atoms with E-state index in [1.165, 1.54) is 6.07 Å². The highest BCUT2D eigenvalue weighted by atomic mass is 19.4. The standard InChI is InChI=1S/C15H8F6N2/c16-14(17,18)10-3-1-2-9(6-10)12-7-11(15(19,20)21)8-23-13(12)4-5-22/h1-3,6-8H,4H2. The maximum Gasteiger partial charge on any atom is 0.417 e. The number of hydrogen-bond acceptors (Lipinski definition) is 2. The van der Waals surface area contributed by atoms with Gasteiger partial charge in [-0.1, -0.05) is 12.1 Å². The van der Waals surface area contributed by atoms with E-state index in [9.17, 15) is 26.3 Å². The Bertz CT molecular complexity index is 756. The van der Waals surface area contributed by atoms with Gasteiger partial charge in [-0.3, -0.25) is 4.98 Å². The lowest BCUT2D eigenvalue weighted by molar-refractivity contribution is -0.138.